The SMILES string of the molecule is COc1ccc([C@H](CC(C)C)NC(=O)CN(c2cccc(Cl)c2C)S(=O)(=O)c2ccc(C)cc2)cc1. The van der Waals surface area contributed by atoms with Gasteiger partial charge in [0.15, 0.2) is 0 Å². The first-order valence-electron chi connectivity index (χ1n) is 11.8. The maximum Gasteiger partial charge on any atom is 0.264 e. The van der Waals surface area contributed by atoms with Gasteiger partial charge in [-0.3, -0.25) is 9.10 Å². The van der Waals surface area contributed by atoms with E-state index in [0.717, 1.165) is 21.2 Å². The second-order valence-corrected chi connectivity index (χ2v) is 11.5. The predicted octanol–water partition coefficient (Wildman–Crippen LogP) is 6.06. The Morgan fingerprint density at radius 3 is 2.22 bits per heavy atom. The molecule has 0 fully saturated rings. The van der Waals surface area contributed by atoms with Gasteiger partial charge in [-0.25, -0.2) is 8.42 Å². The van der Waals surface area contributed by atoms with Crippen molar-refractivity contribution in [3.05, 3.63) is 88.4 Å². The maximum atomic E-state index is 13.7. The highest BCUT2D eigenvalue weighted by Gasteiger charge is 2.29. The van der Waals surface area contributed by atoms with Crippen molar-refractivity contribution < 1.29 is 17.9 Å². The summed E-state index contributed by atoms with van der Waals surface area (Å²) < 4.78 is 33.9. The van der Waals surface area contributed by atoms with E-state index >= 15 is 0 Å². The molecule has 0 aliphatic heterocycles. The number of benzene rings is 3. The van der Waals surface area contributed by atoms with Crippen LogP contribution in [0.2, 0.25) is 5.02 Å². The summed E-state index contributed by atoms with van der Waals surface area (Å²) in [7, 11) is -2.44. The Kier molecular flexibility index (Phi) is 9.03. The monoisotopic (exact) mass is 528 g/mol. The van der Waals surface area contributed by atoms with Crippen LogP contribution >= 0.6 is 11.6 Å². The van der Waals surface area contributed by atoms with Crippen molar-refractivity contribution in [3.8, 4) is 5.75 Å². The normalized spacial score (nSPS) is 12.3. The molecular formula is C28H33ClN2O4S. The van der Waals surface area contributed by atoms with Crippen LogP contribution < -0.4 is 14.4 Å². The van der Waals surface area contributed by atoms with Crippen LogP contribution in [0.1, 0.15) is 43.0 Å². The molecule has 192 valence electrons. The Hall–Kier alpha value is -3.03. The van der Waals surface area contributed by atoms with E-state index in [4.69, 9.17) is 16.3 Å². The Morgan fingerprint density at radius 1 is 1.00 bits per heavy atom. The quantitative estimate of drug-likeness (QED) is 0.347. The molecule has 0 radical (unpaired) electrons. The largest absolute Gasteiger partial charge is 0.497 e. The van der Waals surface area contributed by atoms with Gasteiger partial charge in [0.05, 0.1) is 23.7 Å². The molecule has 0 spiro atoms. The highest BCUT2D eigenvalue weighted by molar-refractivity contribution is 7.92. The number of ether oxygens (including phenoxy) is 1. The minimum Gasteiger partial charge on any atom is -0.497 e. The number of carbonyl (C=O) groups is 1. The van der Waals surface area contributed by atoms with E-state index in [1.807, 2.05) is 31.2 Å². The number of amides is 1. The molecule has 0 aliphatic carbocycles. The number of nitrogens with one attached hydrogen (secondary N) is 1. The molecule has 0 aromatic heterocycles. The summed E-state index contributed by atoms with van der Waals surface area (Å²) in [6, 6.07) is 18.8. The summed E-state index contributed by atoms with van der Waals surface area (Å²) in [6.45, 7) is 7.39. The smallest absolute Gasteiger partial charge is 0.264 e. The average molecular weight is 529 g/mol. The van der Waals surface area contributed by atoms with Gasteiger partial charge in [-0.15, -0.1) is 0 Å². The third kappa shape index (κ3) is 6.59. The van der Waals surface area contributed by atoms with Gasteiger partial charge in [-0.1, -0.05) is 61.3 Å². The molecule has 1 N–H and O–H groups in total. The number of carbonyl (C=O) groups excluding carboxylic acids is 1. The number of hydrogen-bond acceptors (Lipinski definition) is 4. The van der Waals surface area contributed by atoms with Gasteiger partial charge in [0.1, 0.15) is 12.3 Å². The minimum atomic E-state index is -4.04. The summed E-state index contributed by atoms with van der Waals surface area (Å²) in [5, 5.41) is 3.47. The second-order valence-electron chi connectivity index (χ2n) is 9.23. The van der Waals surface area contributed by atoms with Crippen LogP contribution in [-0.2, 0) is 14.8 Å². The van der Waals surface area contributed by atoms with E-state index in [2.05, 4.69) is 19.2 Å². The summed E-state index contributed by atoms with van der Waals surface area (Å²) in [4.78, 5) is 13.5. The molecule has 1 amide bonds. The standard InChI is InChI=1S/C28H33ClN2O4S/c1-19(2)17-26(22-11-13-23(35-5)14-12-22)30-28(32)18-31(27-8-6-7-25(29)21(27)4)36(33,34)24-15-9-20(3)10-16-24/h6-16,19,26H,17-18H2,1-5H3,(H,30,32)/t26-/m0/s1. The topological polar surface area (TPSA) is 75.7 Å². The fraction of sp³-hybridized carbons (Fsp3) is 0.321. The number of halogens is 1. The van der Waals surface area contributed by atoms with Gasteiger partial charge in [-0.05, 0) is 73.7 Å². The van der Waals surface area contributed by atoms with Crippen LogP contribution in [0.5, 0.6) is 5.75 Å². The van der Waals surface area contributed by atoms with E-state index in [-0.39, 0.29) is 17.5 Å². The van der Waals surface area contributed by atoms with E-state index in [1.54, 1.807) is 56.5 Å². The first-order valence-corrected chi connectivity index (χ1v) is 13.6. The van der Waals surface area contributed by atoms with Gasteiger partial charge in [-0.2, -0.15) is 0 Å². The lowest BCUT2D eigenvalue weighted by Crippen LogP contribution is -2.42. The van der Waals surface area contributed by atoms with Crippen LogP contribution in [0.25, 0.3) is 0 Å². The van der Waals surface area contributed by atoms with Crippen molar-refractivity contribution in [1.82, 2.24) is 5.32 Å². The third-order valence-corrected chi connectivity index (χ3v) is 8.15. The van der Waals surface area contributed by atoms with Crippen LogP contribution in [0.15, 0.2) is 71.6 Å². The number of nitrogens with zero attached hydrogens (tertiary/aromatic N) is 1. The number of methoxy groups -OCH3 is 1. The van der Waals surface area contributed by atoms with Crippen molar-refractivity contribution in [3.63, 3.8) is 0 Å². The van der Waals surface area contributed by atoms with E-state index in [1.165, 1.54) is 0 Å². The summed E-state index contributed by atoms with van der Waals surface area (Å²) >= 11 is 6.33. The first kappa shape index (κ1) is 27.6. The zero-order chi connectivity index (χ0) is 26.5. The lowest BCUT2D eigenvalue weighted by molar-refractivity contribution is -0.120. The van der Waals surface area contributed by atoms with E-state index in [0.29, 0.717) is 28.6 Å². The molecule has 0 unspecified atom stereocenters. The molecule has 0 heterocycles. The van der Waals surface area contributed by atoms with Crippen molar-refractivity contribution >= 4 is 33.2 Å². The van der Waals surface area contributed by atoms with Gasteiger partial charge in [0, 0.05) is 5.02 Å². The molecule has 6 nitrogen and oxygen atoms in total. The van der Waals surface area contributed by atoms with Crippen molar-refractivity contribution in [2.24, 2.45) is 5.92 Å². The molecule has 0 bridgehead atoms. The van der Waals surface area contributed by atoms with E-state index < -0.39 is 15.9 Å². The molecule has 3 aromatic rings. The minimum absolute atomic E-state index is 0.106. The molecule has 0 aliphatic rings. The first-order chi connectivity index (χ1) is 17.0. The summed E-state index contributed by atoms with van der Waals surface area (Å²) in [5.41, 5.74) is 2.80. The average Bonchev–Trinajstić information content (AvgIpc) is 2.84. The van der Waals surface area contributed by atoms with Crippen molar-refractivity contribution in [1.29, 1.82) is 0 Å². The highest BCUT2D eigenvalue weighted by atomic mass is 35.5. The maximum absolute atomic E-state index is 13.7. The molecule has 3 aromatic carbocycles. The Bertz CT molecular complexity index is 1290. The molecular weight excluding hydrogens is 496 g/mol. The van der Waals surface area contributed by atoms with Crippen LogP contribution in [0.4, 0.5) is 5.69 Å². The molecule has 1 atom stereocenters. The Morgan fingerprint density at radius 2 is 1.64 bits per heavy atom. The summed E-state index contributed by atoms with van der Waals surface area (Å²) in [6.07, 6.45) is 0.693. The highest BCUT2D eigenvalue weighted by Crippen LogP contribution is 2.31. The van der Waals surface area contributed by atoms with Crippen LogP contribution in [0.3, 0.4) is 0 Å². The molecule has 0 saturated heterocycles. The molecule has 36 heavy (non-hydrogen) atoms. The third-order valence-electron chi connectivity index (χ3n) is 5.96. The van der Waals surface area contributed by atoms with Gasteiger partial charge in [0.25, 0.3) is 10.0 Å². The zero-order valence-electron chi connectivity index (χ0n) is 21.3. The Balaban J connectivity index is 1.96. The van der Waals surface area contributed by atoms with Gasteiger partial charge < -0.3 is 10.1 Å². The van der Waals surface area contributed by atoms with Crippen LogP contribution in [-0.4, -0.2) is 28.0 Å². The predicted molar refractivity (Wildman–Crippen MR) is 145 cm³/mol. The fourth-order valence-corrected chi connectivity index (χ4v) is 5.61. The second kappa shape index (κ2) is 11.8. The summed E-state index contributed by atoms with van der Waals surface area (Å²) in [5.74, 6) is 0.617. The number of aryl methyl sites for hydroxylation is 1. The van der Waals surface area contributed by atoms with Gasteiger partial charge >= 0.3 is 0 Å². The number of sulfonamides is 1. The molecule has 3 rings (SSSR count). The van der Waals surface area contributed by atoms with E-state index in [9.17, 15) is 13.2 Å². The van der Waals surface area contributed by atoms with Gasteiger partial charge in [0.2, 0.25) is 5.91 Å². The number of hydrogen-bond donors (Lipinski definition) is 1. The van der Waals surface area contributed by atoms with Crippen molar-refractivity contribution in [2.45, 2.75) is 45.1 Å². The number of anilines is 1. The molecule has 8 heteroatoms. The van der Waals surface area contributed by atoms with Crippen LogP contribution in [0, 0.1) is 19.8 Å². The van der Waals surface area contributed by atoms with Crippen molar-refractivity contribution in [2.75, 3.05) is 18.0 Å². The lowest BCUT2D eigenvalue weighted by atomic mass is 9.97. The lowest BCUT2D eigenvalue weighted by Gasteiger charge is -2.28. The fourth-order valence-electron chi connectivity index (χ4n) is 3.96. The Labute approximate surface area is 219 Å². The number of rotatable bonds is 10. The molecule has 0 saturated carbocycles. The zero-order valence-corrected chi connectivity index (χ0v) is 22.9.